The summed E-state index contributed by atoms with van der Waals surface area (Å²) in [6.07, 6.45) is 3.56. The van der Waals surface area contributed by atoms with Crippen molar-refractivity contribution in [2.45, 2.75) is 12.3 Å². The molecule has 4 nitrogen and oxygen atoms in total. The molecule has 1 heterocycles. The number of aromatic nitrogens is 1. The molecular formula is C15H17N3OS. The molecular weight excluding hydrogens is 270 g/mol. The Bertz CT molecular complexity index is 543. The van der Waals surface area contributed by atoms with Gasteiger partial charge in [-0.2, -0.15) is 0 Å². The van der Waals surface area contributed by atoms with Crippen LogP contribution >= 0.6 is 11.8 Å². The summed E-state index contributed by atoms with van der Waals surface area (Å²) in [5, 5.41) is 2.86. The molecule has 104 valence electrons. The highest BCUT2D eigenvalue weighted by Gasteiger charge is 2.03. The van der Waals surface area contributed by atoms with E-state index in [-0.39, 0.29) is 5.91 Å². The Morgan fingerprint density at radius 2 is 2.00 bits per heavy atom. The average molecular weight is 287 g/mol. The number of hydrogen-bond acceptors (Lipinski definition) is 4. The van der Waals surface area contributed by atoms with Gasteiger partial charge in [0.25, 0.3) is 0 Å². The van der Waals surface area contributed by atoms with Crippen molar-refractivity contribution in [3.8, 4) is 0 Å². The summed E-state index contributed by atoms with van der Waals surface area (Å²) >= 11 is 1.57. The fraction of sp³-hybridized carbons (Fsp3) is 0.200. The minimum Gasteiger partial charge on any atom is -0.326 e. The summed E-state index contributed by atoms with van der Waals surface area (Å²) in [4.78, 5) is 15.8. The molecule has 0 unspecified atom stereocenters. The van der Waals surface area contributed by atoms with Crippen LogP contribution in [0.15, 0.2) is 48.8 Å². The lowest BCUT2D eigenvalue weighted by molar-refractivity contribution is -0.113. The molecule has 0 aliphatic carbocycles. The highest BCUT2D eigenvalue weighted by Crippen LogP contribution is 2.13. The first kappa shape index (κ1) is 14.6. The average Bonchev–Trinajstić information content (AvgIpc) is 2.49. The van der Waals surface area contributed by atoms with Gasteiger partial charge in [-0.15, -0.1) is 11.8 Å². The number of nitrogens with one attached hydrogen (secondary N) is 1. The van der Waals surface area contributed by atoms with Crippen molar-refractivity contribution in [2.75, 3.05) is 11.1 Å². The molecule has 0 radical (unpaired) electrons. The van der Waals surface area contributed by atoms with Crippen molar-refractivity contribution in [3.05, 3.63) is 59.9 Å². The molecule has 2 rings (SSSR count). The quantitative estimate of drug-likeness (QED) is 0.856. The van der Waals surface area contributed by atoms with E-state index < -0.39 is 0 Å². The van der Waals surface area contributed by atoms with Gasteiger partial charge in [-0.25, -0.2) is 0 Å². The number of pyridine rings is 1. The molecule has 0 aliphatic heterocycles. The smallest absolute Gasteiger partial charge is 0.234 e. The number of benzene rings is 1. The van der Waals surface area contributed by atoms with Crippen molar-refractivity contribution >= 4 is 23.4 Å². The molecule has 0 saturated carbocycles. The van der Waals surface area contributed by atoms with Gasteiger partial charge in [0, 0.05) is 30.4 Å². The zero-order chi connectivity index (χ0) is 14.2. The number of amides is 1. The first-order chi connectivity index (χ1) is 9.78. The maximum absolute atomic E-state index is 11.8. The molecule has 0 atom stereocenters. The van der Waals surface area contributed by atoms with E-state index in [2.05, 4.69) is 10.3 Å². The third kappa shape index (κ3) is 4.68. The molecule has 0 saturated heterocycles. The lowest BCUT2D eigenvalue weighted by atomic mass is 10.2. The Hall–Kier alpha value is -1.85. The van der Waals surface area contributed by atoms with Crippen LogP contribution < -0.4 is 11.1 Å². The zero-order valence-corrected chi connectivity index (χ0v) is 11.9. The van der Waals surface area contributed by atoms with Crippen molar-refractivity contribution in [2.24, 2.45) is 5.73 Å². The van der Waals surface area contributed by atoms with Crippen LogP contribution in [0.5, 0.6) is 0 Å². The van der Waals surface area contributed by atoms with Crippen LogP contribution in [0.1, 0.15) is 11.1 Å². The summed E-state index contributed by atoms with van der Waals surface area (Å²) in [6, 6.07) is 11.5. The van der Waals surface area contributed by atoms with Gasteiger partial charge in [-0.1, -0.05) is 18.2 Å². The van der Waals surface area contributed by atoms with Gasteiger partial charge in [-0.3, -0.25) is 9.78 Å². The molecule has 1 amide bonds. The Morgan fingerprint density at radius 3 is 2.65 bits per heavy atom. The largest absolute Gasteiger partial charge is 0.326 e. The van der Waals surface area contributed by atoms with E-state index in [9.17, 15) is 4.79 Å². The van der Waals surface area contributed by atoms with Crippen LogP contribution in [0.25, 0.3) is 0 Å². The first-order valence-electron chi connectivity index (χ1n) is 6.33. The number of carbonyl (C=O) groups excluding carboxylic acids is 1. The third-order valence-electron chi connectivity index (χ3n) is 2.70. The Morgan fingerprint density at radius 1 is 1.20 bits per heavy atom. The maximum atomic E-state index is 11.8. The van der Waals surface area contributed by atoms with Gasteiger partial charge in [0.05, 0.1) is 5.75 Å². The van der Waals surface area contributed by atoms with Crippen LogP contribution in [-0.4, -0.2) is 16.6 Å². The van der Waals surface area contributed by atoms with E-state index in [1.807, 2.05) is 42.6 Å². The predicted octanol–water partition coefficient (Wildman–Crippen LogP) is 2.41. The fourth-order valence-electron chi connectivity index (χ4n) is 1.67. The summed E-state index contributed by atoms with van der Waals surface area (Å²) in [5.41, 5.74) is 8.50. The standard InChI is InChI=1S/C15H17N3OS/c16-8-12-3-5-14(6-4-12)18-15(19)11-20-10-13-2-1-7-17-9-13/h1-7,9H,8,10-11,16H2,(H,18,19). The molecule has 0 fully saturated rings. The van der Waals surface area contributed by atoms with Gasteiger partial charge in [0.2, 0.25) is 5.91 Å². The van der Waals surface area contributed by atoms with Gasteiger partial charge in [-0.05, 0) is 29.3 Å². The Balaban J connectivity index is 1.74. The van der Waals surface area contributed by atoms with Gasteiger partial charge < -0.3 is 11.1 Å². The molecule has 5 heteroatoms. The van der Waals surface area contributed by atoms with Crippen LogP contribution in [0.2, 0.25) is 0 Å². The predicted molar refractivity (Wildman–Crippen MR) is 83.4 cm³/mol. The first-order valence-corrected chi connectivity index (χ1v) is 7.49. The SMILES string of the molecule is NCc1ccc(NC(=O)CSCc2cccnc2)cc1. The monoisotopic (exact) mass is 287 g/mol. The van der Waals surface area contributed by atoms with Crippen molar-refractivity contribution in [1.82, 2.24) is 4.98 Å². The van der Waals surface area contributed by atoms with Crippen molar-refractivity contribution in [1.29, 1.82) is 0 Å². The summed E-state index contributed by atoms with van der Waals surface area (Å²) in [7, 11) is 0. The second kappa shape index (κ2) is 7.67. The molecule has 0 aliphatic rings. The molecule has 2 aromatic rings. The highest BCUT2D eigenvalue weighted by molar-refractivity contribution is 7.99. The van der Waals surface area contributed by atoms with Crippen LogP contribution in [0, 0.1) is 0 Å². The number of anilines is 1. The Kier molecular flexibility index (Phi) is 5.58. The van der Waals surface area contributed by atoms with Crippen LogP contribution in [-0.2, 0) is 17.1 Å². The maximum Gasteiger partial charge on any atom is 0.234 e. The van der Waals surface area contributed by atoms with Crippen LogP contribution in [0.4, 0.5) is 5.69 Å². The van der Waals surface area contributed by atoms with E-state index in [0.29, 0.717) is 12.3 Å². The van der Waals surface area contributed by atoms with E-state index in [4.69, 9.17) is 5.73 Å². The number of thioether (sulfide) groups is 1. The van der Waals surface area contributed by atoms with Gasteiger partial charge in [0.15, 0.2) is 0 Å². The van der Waals surface area contributed by atoms with E-state index in [1.165, 1.54) is 0 Å². The second-order valence-corrected chi connectivity index (χ2v) is 5.29. The van der Waals surface area contributed by atoms with Crippen molar-refractivity contribution < 1.29 is 4.79 Å². The molecule has 0 bridgehead atoms. The lowest BCUT2D eigenvalue weighted by Gasteiger charge is -2.06. The summed E-state index contributed by atoms with van der Waals surface area (Å²) in [5.74, 6) is 1.21. The third-order valence-corrected chi connectivity index (χ3v) is 3.70. The number of rotatable bonds is 6. The number of carbonyl (C=O) groups is 1. The van der Waals surface area contributed by atoms with Gasteiger partial charge >= 0.3 is 0 Å². The van der Waals surface area contributed by atoms with E-state index in [1.54, 1.807) is 18.0 Å². The van der Waals surface area contributed by atoms with E-state index >= 15 is 0 Å². The minimum absolute atomic E-state index is 0.000566. The van der Waals surface area contributed by atoms with Gasteiger partial charge in [0.1, 0.15) is 0 Å². The van der Waals surface area contributed by atoms with Crippen molar-refractivity contribution in [3.63, 3.8) is 0 Å². The topological polar surface area (TPSA) is 68.0 Å². The molecule has 1 aromatic heterocycles. The normalized spacial score (nSPS) is 10.2. The number of nitrogens with zero attached hydrogens (tertiary/aromatic N) is 1. The Labute approximate surface area is 122 Å². The molecule has 1 aromatic carbocycles. The molecule has 0 spiro atoms. The summed E-state index contributed by atoms with van der Waals surface area (Å²) < 4.78 is 0. The highest BCUT2D eigenvalue weighted by atomic mass is 32.2. The number of hydrogen-bond donors (Lipinski definition) is 2. The number of nitrogens with two attached hydrogens (primary N) is 1. The minimum atomic E-state index is -0.000566. The van der Waals surface area contributed by atoms with E-state index in [0.717, 1.165) is 22.6 Å². The molecule has 20 heavy (non-hydrogen) atoms. The summed E-state index contributed by atoms with van der Waals surface area (Å²) in [6.45, 7) is 0.509. The zero-order valence-electron chi connectivity index (χ0n) is 11.1. The fourth-order valence-corrected chi connectivity index (χ4v) is 2.43. The molecule has 3 N–H and O–H groups in total. The van der Waals surface area contributed by atoms with Crippen LogP contribution in [0.3, 0.4) is 0 Å². The second-order valence-electron chi connectivity index (χ2n) is 4.30. The lowest BCUT2D eigenvalue weighted by Crippen LogP contribution is -2.14.